The van der Waals surface area contributed by atoms with Crippen LogP contribution < -0.4 is 20.3 Å². The Morgan fingerprint density at radius 3 is 2.57 bits per heavy atom. The summed E-state index contributed by atoms with van der Waals surface area (Å²) < 4.78 is 16.0. The van der Waals surface area contributed by atoms with Gasteiger partial charge in [0, 0.05) is 4.90 Å². The molecule has 0 saturated carbocycles. The monoisotopic (exact) mass is 402 g/mol. The number of thioether (sulfide) groups is 1. The largest absolute Gasteiger partial charge is 0.485 e. The molecule has 0 spiro atoms. The van der Waals surface area contributed by atoms with Gasteiger partial charge in [-0.15, -0.1) is 11.8 Å². The van der Waals surface area contributed by atoms with Gasteiger partial charge in [0.1, 0.15) is 6.61 Å². The minimum absolute atomic E-state index is 0.0131. The summed E-state index contributed by atoms with van der Waals surface area (Å²) in [6, 6.07) is 13.9. The van der Waals surface area contributed by atoms with E-state index in [0.29, 0.717) is 17.1 Å². The maximum Gasteiger partial charge on any atom is 0.339 e. The van der Waals surface area contributed by atoms with Gasteiger partial charge in [0.05, 0.1) is 5.56 Å². The van der Waals surface area contributed by atoms with Gasteiger partial charge in [0.25, 0.3) is 11.8 Å². The molecule has 146 valence electrons. The molecule has 9 heteroatoms. The molecule has 3 rings (SSSR count). The third-order valence-corrected chi connectivity index (χ3v) is 4.58. The number of hydrogen-bond acceptors (Lipinski definition) is 7. The fraction of sp³-hybridized carbons (Fsp3) is 0.211. The average molecular weight is 402 g/mol. The average Bonchev–Trinajstić information content (AvgIpc) is 2.75. The Bertz CT molecular complexity index is 888. The van der Waals surface area contributed by atoms with Crippen LogP contribution in [0.5, 0.6) is 11.5 Å². The second-order valence-electron chi connectivity index (χ2n) is 5.68. The van der Waals surface area contributed by atoms with E-state index in [1.54, 1.807) is 48.5 Å². The summed E-state index contributed by atoms with van der Waals surface area (Å²) in [5.74, 6) is -0.885. The molecule has 0 aromatic heterocycles. The van der Waals surface area contributed by atoms with E-state index in [-0.39, 0.29) is 6.61 Å². The smallest absolute Gasteiger partial charge is 0.339 e. The molecule has 0 saturated heterocycles. The highest BCUT2D eigenvalue weighted by atomic mass is 32.2. The Labute approximate surface area is 165 Å². The summed E-state index contributed by atoms with van der Waals surface area (Å²) in [7, 11) is 0. The van der Waals surface area contributed by atoms with Crippen molar-refractivity contribution in [3.8, 4) is 11.5 Å². The van der Waals surface area contributed by atoms with Gasteiger partial charge in [0.2, 0.25) is 6.10 Å². The van der Waals surface area contributed by atoms with Gasteiger partial charge in [-0.3, -0.25) is 20.4 Å². The lowest BCUT2D eigenvalue weighted by Gasteiger charge is -2.25. The minimum atomic E-state index is -0.911. The van der Waals surface area contributed by atoms with Gasteiger partial charge in [-0.25, -0.2) is 4.79 Å². The lowest BCUT2D eigenvalue weighted by atomic mass is 10.2. The van der Waals surface area contributed by atoms with Crippen molar-refractivity contribution in [3.05, 3.63) is 54.1 Å². The first kappa shape index (κ1) is 19.6. The van der Waals surface area contributed by atoms with Crippen LogP contribution in [0.15, 0.2) is 53.4 Å². The van der Waals surface area contributed by atoms with E-state index in [1.807, 2.05) is 6.26 Å². The summed E-state index contributed by atoms with van der Waals surface area (Å²) in [4.78, 5) is 36.8. The zero-order chi connectivity index (χ0) is 19.9. The number of rotatable bonds is 5. The number of amides is 2. The Balaban J connectivity index is 1.44. The lowest BCUT2D eigenvalue weighted by molar-refractivity contribution is -0.135. The third-order valence-electron chi connectivity index (χ3n) is 3.79. The predicted octanol–water partition coefficient (Wildman–Crippen LogP) is 1.55. The van der Waals surface area contributed by atoms with Crippen molar-refractivity contribution < 1.29 is 28.6 Å². The van der Waals surface area contributed by atoms with Crippen molar-refractivity contribution in [3.63, 3.8) is 0 Å². The molecule has 0 radical (unpaired) electrons. The first-order chi connectivity index (χ1) is 13.6. The molecular weight excluding hydrogens is 384 g/mol. The van der Waals surface area contributed by atoms with Crippen molar-refractivity contribution in [1.29, 1.82) is 0 Å². The van der Waals surface area contributed by atoms with Crippen LogP contribution >= 0.6 is 11.8 Å². The molecule has 8 nitrogen and oxygen atoms in total. The van der Waals surface area contributed by atoms with E-state index < -0.39 is 30.5 Å². The van der Waals surface area contributed by atoms with E-state index in [9.17, 15) is 14.4 Å². The number of carbonyl (C=O) groups excluding carboxylic acids is 3. The summed E-state index contributed by atoms with van der Waals surface area (Å²) in [6.07, 6.45) is 0.926. The number of para-hydroxylation sites is 2. The zero-order valence-electron chi connectivity index (χ0n) is 15.0. The summed E-state index contributed by atoms with van der Waals surface area (Å²) >= 11 is 1.40. The van der Waals surface area contributed by atoms with Crippen molar-refractivity contribution in [2.24, 2.45) is 0 Å². The molecule has 0 aliphatic carbocycles. The van der Waals surface area contributed by atoms with Gasteiger partial charge in [0.15, 0.2) is 18.1 Å². The van der Waals surface area contributed by atoms with E-state index in [2.05, 4.69) is 10.9 Å². The number of fused-ring (bicyclic) bond motifs is 1. The fourth-order valence-corrected chi connectivity index (χ4v) is 3.00. The molecule has 1 heterocycles. The maximum absolute atomic E-state index is 12.1. The second-order valence-corrected chi connectivity index (χ2v) is 6.53. The van der Waals surface area contributed by atoms with Crippen LogP contribution in [0.3, 0.4) is 0 Å². The SMILES string of the molecule is CSc1ccccc1C(=O)OCC(=O)NNC(=O)[C@@H]1COc2ccccc2O1. The highest BCUT2D eigenvalue weighted by Gasteiger charge is 2.27. The molecule has 2 aromatic rings. The van der Waals surface area contributed by atoms with Crippen molar-refractivity contribution in [2.75, 3.05) is 19.5 Å². The minimum Gasteiger partial charge on any atom is -0.485 e. The van der Waals surface area contributed by atoms with E-state index in [1.165, 1.54) is 11.8 Å². The number of carbonyl (C=O) groups is 3. The summed E-state index contributed by atoms with van der Waals surface area (Å²) in [5, 5.41) is 0. The first-order valence-corrected chi connectivity index (χ1v) is 9.58. The fourth-order valence-electron chi connectivity index (χ4n) is 2.42. The molecule has 1 atom stereocenters. The molecule has 2 aromatic carbocycles. The van der Waals surface area contributed by atoms with Gasteiger partial charge >= 0.3 is 5.97 Å². The maximum atomic E-state index is 12.1. The van der Waals surface area contributed by atoms with Crippen molar-refractivity contribution in [1.82, 2.24) is 10.9 Å². The Hall–Kier alpha value is -3.20. The molecule has 2 N–H and O–H groups in total. The van der Waals surface area contributed by atoms with Crippen LogP contribution in [-0.4, -0.2) is 43.4 Å². The van der Waals surface area contributed by atoms with E-state index >= 15 is 0 Å². The highest BCUT2D eigenvalue weighted by molar-refractivity contribution is 7.98. The van der Waals surface area contributed by atoms with Crippen LogP contribution in [0.25, 0.3) is 0 Å². The van der Waals surface area contributed by atoms with Gasteiger partial charge < -0.3 is 14.2 Å². The number of nitrogens with one attached hydrogen (secondary N) is 2. The van der Waals surface area contributed by atoms with Crippen LogP contribution in [0.2, 0.25) is 0 Å². The number of benzene rings is 2. The Kier molecular flexibility index (Phi) is 6.38. The third kappa shape index (κ3) is 4.74. The number of ether oxygens (including phenoxy) is 3. The molecule has 1 aliphatic rings. The van der Waals surface area contributed by atoms with Crippen LogP contribution in [0, 0.1) is 0 Å². The van der Waals surface area contributed by atoms with Crippen LogP contribution in [0.1, 0.15) is 10.4 Å². The molecular formula is C19H18N2O6S. The normalized spacial score (nSPS) is 14.7. The molecule has 0 unspecified atom stereocenters. The highest BCUT2D eigenvalue weighted by Crippen LogP contribution is 2.30. The van der Waals surface area contributed by atoms with Crippen LogP contribution in [-0.2, 0) is 14.3 Å². The molecule has 0 bridgehead atoms. The summed E-state index contributed by atoms with van der Waals surface area (Å²) in [6.45, 7) is -0.522. The standard InChI is InChI=1S/C19H18N2O6S/c1-28-16-9-5-2-6-12(16)19(24)26-11-17(22)20-21-18(23)15-10-25-13-7-3-4-8-14(13)27-15/h2-9,15H,10-11H2,1H3,(H,20,22)(H,21,23)/t15-/m0/s1. The van der Waals surface area contributed by atoms with E-state index in [4.69, 9.17) is 14.2 Å². The topological polar surface area (TPSA) is 103 Å². The zero-order valence-corrected chi connectivity index (χ0v) is 15.8. The number of hydrogen-bond donors (Lipinski definition) is 2. The van der Waals surface area contributed by atoms with Crippen LogP contribution in [0.4, 0.5) is 0 Å². The Morgan fingerprint density at radius 1 is 1.07 bits per heavy atom. The second kappa shape index (κ2) is 9.14. The van der Waals surface area contributed by atoms with Crippen molar-refractivity contribution >= 4 is 29.5 Å². The quantitative estimate of drug-likeness (QED) is 0.444. The van der Waals surface area contributed by atoms with Gasteiger partial charge in [-0.1, -0.05) is 24.3 Å². The first-order valence-electron chi connectivity index (χ1n) is 8.36. The predicted molar refractivity (Wildman–Crippen MR) is 101 cm³/mol. The number of hydrazine groups is 1. The van der Waals surface area contributed by atoms with Gasteiger partial charge in [-0.2, -0.15) is 0 Å². The van der Waals surface area contributed by atoms with E-state index in [0.717, 1.165) is 4.90 Å². The molecule has 28 heavy (non-hydrogen) atoms. The molecule has 2 amide bonds. The Morgan fingerprint density at radius 2 is 1.79 bits per heavy atom. The molecule has 0 fully saturated rings. The number of esters is 1. The summed E-state index contributed by atoms with van der Waals surface area (Å²) in [5.41, 5.74) is 4.79. The lowest BCUT2D eigenvalue weighted by Crippen LogP contribution is -2.51. The van der Waals surface area contributed by atoms with Crippen molar-refractivity contribution in [2.45, 2.75) is 11.0 Å². The molecule has 1 aliphatic heterocycles. The van der Waals surface area contributed by atoms with Gasteiger partial charge in [-0.05, 0) is 30.5 Å².